The quantitative estimate of drug-likeness (QED) is 0.00888. The number of nitrogens with zero attached hydrogens (tertiary/aromatic N) is 1. The van der Waals surface area contributed by atoms with Crippen molar-refractivity contribution < 1.29 is 154 Å². The van der Waals surface area contributed by atoms with Crippen LogP contribution in [0.15, 0.2) is 0 Å². The van der Waals surface area contributed by atoms with Crippen molar-refractivity contribution in [3.8, 4) is 0 Å². The van der Waals surface area contributed by atoms with E-state index in [0.29, 0.717) is 223 Å². The molecule has 0 aromatic rings. The number of nitrogens with two attached hydrogens (primary N) is 1. The van der Waals surface area contributed by atoms with E-state index in [1.54, 1.807) is 20.8 Å². The Kier molecular flexibility index (Phi) is 75.4. The van der Waals surface area contributed by atoms with E-state index in [1.165, 1.54) is 33.3 Å². The summed E-state index contributed by atoms with van der Waals surface area (Å²) in [5.74, 6) is -9.76. The third kappa shape index (κ3) is 55.7. The van der Waals surface area contributed by atoms with E-state index >= 15 is 9.59 Å². The average Bonchev–Trinajstić information content (AvgIpc) is 0.757. The lowest BCUT2D eigenvalue weighted by Crippen LogP contribution is -2.70. The molecule has 0 aromatic heterocycles. The number of carboxylic acids is 1. The first kappa shape index (κ1) is 135. The van der Waals surface area contributed by atoms with E-state index in [1.807, 2.05) is 46.7 Å². The number of carboxylic acid groups (broad SMARTS) is 1. The molecule has 0 bridgehead atoms. The van der Waals surface area contributed by atoms with Crippen LogP contribution in [0.25, 0.3) is 0 Å². The second kappa shape index (κ2) is 79.3. The fourth-order valence-corrected chi connectivity index (χ4v) is 21.7. The molecule has 0 fully saturated rings. The molecule has 142 heavy (non-hydrogen) atoms. The van der Waals surface area contributed by atoms with Gasteiger partial charge in [0.2, 0.25) is 59.1 Å². The first-order chi connectivity index (χ1) is 67.6. The van der Waals surface area contributed by atoms with Crippen LogP contribution in [-0.4, -0.2) is 297 Å². The first-order valence-electron chi connectivity index (χ1n) is 52.2. The number of thioether (sulfide) groups is 2. The molecule has 15 unspecified atom stereocenters. The fraction of sp³-hybridized carbons (Fsp3) is 0.832. The summed E-state index contributed by atoms with van der Waals surface area (Å²) in [4.78, 5) is 219. The molecule has 47 heteroatoms. The molecule has 0 aliphatic heterocycles. The molecule has 0 saturated heterocycles. The Hall–Kier alpha value is -6.94. The number of carbonyl (C=O) groups excluding carboxylic acids is 14. The van der Waals surface area contributed by atoms with Gasteiger partial charge >= 0.3 is 23.9 Å². The number of amides is 11. The van der Waals surface area contributed by atoms with E-state index < -0.39 is 176 Å². The minimum Gasteiger partial charge on any atom is -0.481 e. The molecule has 46 N–H and O–H groups in total. The normalized spacial score (nSPS) is 15.5. The number of hydrogen-bond acceptors (Lipinski definition) is 24. The predicted molar refractivity (Wildman–Crippen MR) is 555 cm³/mol. The van der Waals surface area contributed by atoms with Crippen molar-refractivity contribution in [1.29, 1.82) is 0 Å². The molecule has 0 aliphatic rings. The number of unbranched alkanes of at least 4 members (excludes halogenated alkanes) is 11. The summed E-state index contributed by atoms with van der Waals surface area (Å²) in [5.41, 5.74) is 44.8. The Bertz CT molecular complexity index is 3700. The second-order valence-electron chi connectivity index (χ2n) is 38.2. The molecule has 0 rings (SSSR count). The maximum atomic E-state index is 15.0. The van der Waals surface area contributed by atoms with Crippen LogP contribution < -0.4 is 122 Å². The van der Waals surface area contributed by atoms with Gasteiger partial charge in [0.15, 0.2) is 6.04 Å². The predicted octanol–water partition coefficient (Wildman–Crippen LogP) is -5.58. The van der Waals surface area contributed by atoms with Crippen molar-refractivity contribution in [1.82, 2.24) is 58.1 Å². The van der Waals surface area contributed by atoms with Crippen LogP contribution in [-0.2, 0) is 86.1 Å². The third-order valence-electron chi connectivity index (χ3n) is 25.0. The summed E-state index contributed by atoms with van der Waals surface area (Å²) in [5, 5.41) is 40.2. The highest BCUT2D eigenvalue weighted by atomic mass is 33.1. The van der Waals surface area contributed by atoms with Crippen LogP contribution in [0.4, 0.5) is 0 Å². The Balaban J connectivity index is 7.34. The van der Waals surface area contributed by atoms with E-state index in [9.17, 15) is 67.4 Å². The molecule has 42 nitrogen and oxygen atoms in total. The van der Waals surface area contributed by atoms with Crippen molar-refractivity contribution >= 4 is 150 Å². The van der Waals surface area contributed by atoms with Gasteiger partial charge in [-0.25, -0.2) is 0 Å². The number of carbonyl (C=O) groups is 15. The minimum absolute atomic E-state index is 0.0435. The van der Waals surface area contributed by atoms with E-state index in [2.05, 4.69) is 116 Å². The molecule has 11 amide bonds. The Morgan fingerprint density at radius 1 is 0.359 bits per heavy atom. The summed E-state index contributed by atoms with van der Waals surface area (Å²) < 4.78 is 16.5. The standard InChI is InChI=1S/C95H183N23O19S5/c1-10-14-57-135-89(133)93(6,62-92(5,12-3)88(132)136-58-56-118(8)9)63-95(45-11-2,87(130)131)64-94(7,142-91(138)139-13-4)90(134)137-59-60-140-141-61-65(106)77(120)109-67(36-16-26-47-97)79(122)111-69(38-18-28-49-99)81(124)113-71(40-20-30-51-101)83(126)115-73(42-22-32-53-103)85(128)117-75(44-24-34-55-105)86(129)116-74(43-23-33-54-104)84(127)114-72(41-21-31-52-102)82(125)112-70(39-19-29-50-100)80(123)110-68(37-17-27-48-98)78(121)108-66(76(107)119)35-15-25-46-96/h65-75H,10-64,96-106H2,1-9H3,(H2,107,119)(H,108,121)(H,109,120)(H,110,123)(H,111,122)(H,112,125)(H,113,124)(H,114,127)(H,115,126)(H,116,129)(H,117,128)(H,130,131)/p+11. The lowest BCUT2D eigenvalue weighted by molar-refractivity contribution is -0.396. The minimum atomic E-state index is -1.75. The van der Waals surface area contributed by atoms with Crippen LogP contribution in [0.1, 0.15) is 292 Å². The Morgan fingerprint density at radius 2 is 0.641 bits per heavy atom. The topological polar surface area (TPSA) is 758 Å². The van der Waals surface area contributed by atoms with Crippen molar-refractivity contribution in [2.24, 2.45) is 22.0 Å². The first-order valence-corrected chi connectivity index (χ1v) is 56.9. The van der Waals surface area contributed by atoms with Gasteiger partial charge in [0.1, 0.15) is 81.9 Å². The van der Waals surface area contributed by atoms with Gasteiger partial charge in [-0.3, -0.25) is 71.9 Å². The molecule has 0 aromatic carbocycles. The van der Waals surface area contributed by atoms with Gasteiger partial charge in [0.25, 0.3) is 5.91 Å². The molecule has 15 atom stereocenters. The highest BCUT2D eigenvalue weighted by molar-refractivity contribution is 8.76. The number of hydrogen-bond donors (Lipinski definition) is 23. The molecule has 0 saturated carbocycles. The zero-order valence-electron chi connectivity index (χ0n) is 87.9. The number of aliphatic carboxylic acids is 1. The summed E-state index contributed by atoms with van der Waals surface area (Å²) in [6.45, 7) is 18.2. The maximum Gasteiger partial charge on any atom is 0.322 e. The van der Waals surface area contributed by atoms with Crippen molar-refractivity contribution in [3.05, 3.63) is 0 Å². The van der Waals surface area contributed by atoms with Crippen LogP contribution in [0.5, 0.6) is 0 Å². The number of rotatable bonds is 88. The van der Waals surface area contributed by atoms with E-state index in [4.69, 9.17) is 32.2 Å². The summed E-state index contributed by atoms with van der Waals surface area (Å²) in [6.07, 6.45) is 13.1. The van der Waals surface area contributed by atoms with Crippen molar-refractivity contribution in [3.63, 3.8) is 0 Å². The van der Waals surface area contributed by atoms with Gasteiger partial charge in [-0.1, -0.05) is 86.1 Å². The number of primary amides is 1. The highest BCUT2D eigenvalue weighted by Gasteiger charge is 2.56. The number of likely N-dealkylation sites (N-methyl/N-ethyl adjacent to an activating group) is 1. The summed E-state index contributed by atoms with van der Waals surface area (Å²) in [6, 6.07) is -12.9. The van der Waals surface area contributed by atoms with Gasteiger partial charge in [-0.05, 0) is 272 Å². The van der Waals surface area contributed by atoms with Gasteiger partial charge in [-0.2, -0.15) is 0 Å². The van der Waals surface area contributed by atoms with Crippen LogP contribution >= 0.6 is 57.3 Å². The molecular weight excluding hydrogens is 1930 g/mol. The van der Waals surface area contributed by atoms with E-state index in [-0.39, 0.29) is 128 Å². The Morgan fingerprint density at radius 3 is 0.908 bits per heavy atom. The number of thiocarbonyl (C=S) groups is 1. The van der Waals surface area contributed by atoms with Gasteiger partial charge in [0, 0.05) is 12.3 Å². The lowest BCUT2D eigenvalue weighted by atomic mass is 9.61. The van der Waals surface area contributed by atoms with Gasteiger partial charge < -0.3 is 146 Å². The molecule has 0 spiro atoms. The summed E-state index contributed by atoms with van der Waals surface area (Å²) >= 11 is 8.14. The number of esters is 3. The third-order valence-corrected chi connectivity index (χ3v) is 30.2. The molecule has 822 valence electrons. The van der Waals surface area contributed by atoms with Gasteiger partial charge in [0.05, 0.1) is 94.1 Å². The molecule has 0 aliphatic carbocycles. The van der Waals surface area contributed by atoms with E-state index in [0.717, 1.165) is 18.2 Å². The van der Waals surface area contributed by atoms with Crippen molar-refractivity contribution in [2.45, 2.75) is 364 Å². The number of ether oxygens (including phenoxy) is 3. The highest BCUT2D eigenvalue weighted by Crippen LogP contribution is 2.53. The van der Waals surface area contributed by atoms with Crippen molar-refractivity contribution in [2.75, 3.05) is 123 Å². The maximum absolute atomic E-state index is 15.0. The molecule has 0 heterocycles. The van der Waals surface area contributed by atoms with Gasteiger partial charge in [-0.15, -0.1) is 11.8 Å². The van der Waals surface area contributed by atoms with Crippen LogP contribution in [0.2, 0.25) is 0 Å². The summed E-state index contributed by atoms with van der Waals surface area (Å²) in [7, 11) is 6.26. The molecule has 0 radical (unpaired) electrons. The average molecular weight is 2120 g/mol. The number of nitrogens with one attached hydrogen (secondary N) is 10. The molecular formula is C95H194N23O19S5+11. The van der Waals surface area contributed by atoms with Crippen LogP contribution in [0, 0.1) is 16.2 Å². The monoisotopic (exact) mass is 2120 g/mol. The largest absolute Gasteiger partial charge is 0.481 e. The van der Waals surface area contributed by atoms with Crippen LogP contribution in [0.3, 0.4) is 0 Å². The SMILES string of the molecule is CCCCOC(=O)C(C)(CC(C)(CC)C(=O)OCCN(C)C)CC(CCC)(CC(C)(SC(=S)SCC)C(=O)OCCSSCC([NH3+])C(=O)NC(CCCC[NH3+])C(=O)NC(CCCC[NH3+])C(=O)NC(CCCC[NH3+])C(=O)NC(CCCC[NH3+])C(=O)NC(CCCC[NH3+])C(=O)NC(CCCC[NH3+])C(=O)NC(CCCC[NH3+])C(=O)NC(CCCC[NH3+])C(=O)NC(CCCC[NH3+])C(=O)NC(CCCC[NH3+])C(N)=O)C(=O)O. The zero-order valence-corrected chi connectivity index (χ0v) is 92.0. The fourth-order valence-electron chi connectivity index (χ4n) is 16.5. The lowest BCUT2D eigenvalue weighted by Gasteiger charge is -2.44. The smallest absolute Gasteiger partial charge is 0.322 e. The second-order valence-corrected chi connectivity index (χ2v) is 44.8. The number of quaternary nitrogens is 11. The Labute approximate surface area is 865 Å². The zero-order chi connectivity index (χ0) is 107.